The molecule has 1 N–H and O–H groups in total. The van der Waals surface area contributed by atoms with Gasteiger partial charge >= 0.3 is 0 Å². The van der Waals surface area contributed by atoms with Gasteiger partial charge in [0.2, 0.25) is 16.3 Å². The van der Waals surface area contributed by atoms with Crippen molar-refractivity contribution in [1.29, 1.82) is 0 Å². The second kappa shape index (κ2) is 15.0. The molecule has 1 aromatic heterocycles. The molecule has 3 aromatic rings. The van der Waals surface area contributed by atoms with Gasteiger partial charge < -0.3 is 28.6 Å². The number of aliphatic hydroxyl groups is 1. The Hall–Kier alpha value is -3.71. The zero-order valence-corrected chi connectivity index (χ0v) is 26.2. The van der Waals surface area contributed by atoms with E-state index in [1.807, 2.05) is 0 Å². The number of hydrogen-bond acceptors (Lipinski definition) is 9. The Morgan fingerprint density at radius 2 is 1.73 bits per heavy atom. The van der Waals surface area contributed by atoms with Crippen molar-refractivity contribution in [2.75, 3.05) is 46.5 Å². The smallest absolute Gasteiger partial charge is 0.288 e. The number of rotatable bonds is 11. The van der Waals surface area contributed by atoms with E-state index in [1.165, 1.54) is 25.5 Å². The van der Waals surface area contributed by atoms with Crippen molar-refractivity contribution >= 4 is 26.9 Å². The average molecular weight is 641 g/mol. The van der Waals surface area contributed by atoms with Gasteiger partial charge in [0.25, 0.3) is 5.91 Å². The average Bonchev–Trinajstić information content (AvgIpc) is 3.04. The molecule has 2 aromatic carbocycles. The first-order chi connectivity index (χ1) is 21.8. The highest BCUT2D eigenvalue weighted by Crippen LogP contribution is 2.32. The van der Waals surface area contributed by atoms with Gasteiger partial charge in [0.05, 0.1) is 36.9 Å². The Bertz CT molecular complexity index is 1640. The molecule has 1 fully saturated rings. The van der Waals surface area contributed by atoms with Crippen LogP contribution < -0.4 is 10.2 Å². The van der Waals surface area contributed by atoms with Gasteiger partial charge in [-0.05, 0) is 55.3 Å². The summed E-state index contributed by atoms with van der Waals surface area (Å²) in [5.74, 6) is -0.175. The van der Waals surface area contributed by atoms with Crippen LogP contribution in [0.5, 0.6) is 5.75 Å². The summed E-state index contributed by atoms with van der Waals surface area (Å²) >= 11 is 0. The zero-order chi connectivity index (χ0) is 31.8. The predicted octanol–water partition coefficient (Wildman–Crippen LogP) is 4.01. The number of aliphatic hydroxyl groups excluding tert-OH is 1. The summed E-state index contributed by atoms with van der Waals surface area (Å²) in [6, 6.07) is 13.0. The van der Waals surface area contributed by atoms with E-state index in [-0.39, 0.29) is 54.7 Å². The van der Waals surface area contributed by atoms with Crippen molar-refractivity contribution in [3.05, 3.63) is 82.4 Å². The number of benzene rings is 2. The van der Waals surface area contributed by atoms with Crippen molar-refractivity contribution < 1.29 is 36.9 Å². The Kier molecular flexibility index (Phi) is 10.9. The molecule has 0 bridgehead atoms. The molecule has 1 amide bonds. The first-order valence-electron chi connectivity index (χ1n) is 15.4. The van der Waals surface area contributed by atoms with Gasteiger partial charge in [-0.1, -0.05) is 31.4 Å². The van der Waals surface area contributed by atoms with Crippen molar-refractivity contribution in [2.24, 2.45) is 0 Å². The van der Waals surface area contributed by atoms with Crippen LogP contribution in [0.2, 0.25) is 0 Å². The van der Waals surface area contributed by atoms with E-state index >= 15 is 0 Å². The minimum Gasteiger partial charge on any atom is -0.497 e. The molecule has 1 saturated heterocycles. The van der Waals surface area contributed by atoms with Crippen molar-refractivity contribution in [3.8, 4) is 5.75 Å². The number of allylic oxidation sites excluding steroid dienone is 1. The van der Waals surface area contributed by atoms with Crippen LogP contribution in [0, 0.1) is 0 Å². The minimum absolute atomic E-state index is 0.0535. The maximum Gasteiger partial charge on any atom is 0.288 e. The molecule has 2 aliphatic rings. The summed E-state index contributed by atoms with van der Waals surface area (Å²) in [7, 11) is -2.45. The van der Waals surface area contributed by atoms with Crippen molar-refractivity contribution in [2.45, 2.75) is 55.6 Å². The number of methoxy groups -OCH3 is 1. The predicted molar refractivity (Wildman–Crippen MR) is 167 cm³/mol. The lowest BCUT2D eigenvalue weighted by Gasteiger charge is -2.32. The molecular weight excluding hydrogens is 600 g/mol. The Morgan fingerprint density at radius 3 is 2.44 bits per heavy atom. The van der Waals surface area contributed by atoms with Crippen LogP contribution >= 0.6 is 0 Å². The maximum absolute atomic E-state index is 13.7. The standard InChI is InChI=1S/C33H40N2O9S/c1-41-25-11-13-26(14-12-25)45(39,40)35(17-19-36)18-20-42-31-22-24(28-23-43-29-10-6-5-9-27(29)32(28)37)21-30(44-31)33(38)34-15-7-3-2-4-8-16-34/h5-6,9-14,21,23-24,31,36H,2-4,7-8,15-20,22H2,1H3/t24-,31+/m1/s1. The number of nitrogens with zero attached hydrogens (tertiary/aromatic N) is 2. The first-order valence-corrected chi connectivity index (χ1v) is 16.8. The third kappa shape index (κ3) is 7.75. The Balaban J connectivity index is 1.36. The summed E-state index contributed by atoms with van der Waals surface area (Å²) < 4.78 is 50.8. The molecule has 11 nitrogen and oxygen atoms in total. The molecule has 0 spiro atoms. The van der Waals surface area contributed by atoms with Crippen LogP contribution in [-0.4, -0.2) is 81.4 Å². The van der Waals surface area contributed by atoms with Crippen LogP contribution in [-0.2, 0) is 24.3 Å². The third-order valence-corrected chi connectivity index (χ3v) is 10.1. The molecule has 0 saturated carbocycles. The number of likely N-dealkylation sites (tertiary alicyclic amines) is 1. The number of fused-ring (bicyclic) bond motifs is 1. The van der Waals surface area contributed by atoms with Gasteiger partial charge in [0, 0.05) is 44.1 Å². The number of ether oxygens (including phenoxy) is 3. The van der Waals surface area contributed by atoms with Crippen LogP contribution in [0.1, 0.15) is 50.0 Å². The molecule has 12 heteroatoms. The fraction of sp³-hybridized carbons (Fsp3) is 0.455. The quantitative estimate of drug-likeness (QED) is 0.330. The molecule has 2 aliphatic heterocycles. The normalized spacial score (nSPS) is 19.4. The van der Waals surface area contributed by atoms with Crippen molar-refractivity contribution in [1.82, 2.24) is 9.21 Å². The highest BCUT2D eigenvalue weighted by Gasteiger charge is 2.33. The number of sulfonamides is 1. The molecule has 3 heterocycles. The molecular formula is C33H40N2O9S. The lowest BCUT2D eigenvalue weighted by Crippen LogP contribution is -2.40. The second-order valence-corrected chi connectivity index (χ2v) is 13.1. The number of amides is 1. The number of para-hydroxylation sites is 1. The molecule has 45 heavy (non-hydrogen) atoms. The Labute approximate surface area is 263 Å². The van der Waals surface area contributed by atoms with E-state index in [2.05, 4.69) is 0 Å². The number of carbonyl (C=O) groups excluding carboxylic acids is 1. The molecule has 0 radical (unpaired) electrons. The molecule has 242 valence electrons. The summed E-state index contributed by atoms with van der Waals surface area (Å²) in [6.07, 6.45) is 7.45. The van der Waals surface area contributed by atoms with E-state index in [9.17, 15) is 23.1 Å². The lowest BCUT2D eigenvalue weighted by atomic mass is 9.93. The van der Waals surface area contributed by atoms with Crippen LogP contribution in [0.3, 0.4) is 0 Å². The summed E-state index contributed by atoms with van der Waals surface area (Å²) in [5, 5.41) is 10.1. The lowest BCUT2D eigenvalue weighted by molar-refractivity contribution is -0.153. The van der Waals surface area contributed by atoms with Crippen LogP contribution in [0.15, 0.2) is 80.7 Å². The first kappa shape index (κ1) is 32.7. The van der Waals surface area contributed by atoms with Crippen LogP contribution in [0.25, 0.3) is 11.0 Å². The van der Waals surface area contributed by atoms with Crippen molar-refractivity contribution in [3.63, 3.8) is 0 Å². The number of hydrogen-bond donors (Lipinski definition) is 1. The van der Waals surface area contributed by atoms with Gasteiger partial charge in [0.15, 0.2) is 11.2 Å². The molecule has 0 unspecified atom stereocenters. The largest absolute Gasteiger partial charge is 0.497 e. The molecule has 5 rings (SSSR count). The molecule has 0 aliphatic carbocycles. The number of carbonyl (C=O) groups is 1. The SMILES string of the molecule is COc1ccc(S(=O)(=O)N(CCO)CCO[C@@H]2C[C@H](c3coc4ccccc4c3=O)C=C(C(=O)N3CCCCCCC3)O2)cc1. The Morgan fingerprint density at radius 1 is 1.02 bits per heavy atom. The molecule has 2 atom stereocenters. The fourth-order valence-electron chi connectivity index (χ4n) is 5.73. The van der Waals surface area contributed by atoms with Gasteiger partial charge in [0.1, 0.15) is 11.3 Å². The van der Waals surface area contributed by atoms with E-state index in [0.29, 0.717) is 35.4 Å². The zero-order valence-electron chi connectivity index (χ0n) is 25.4. The monoisotopic (exact) mass is 640 g/mol. The van der Waals surface area contributed by atoms with Gasteiger partial charge in [-0.3, -0.25) is 9.59 Å². The van der Waals surface area contributed by atoms with E-state index in [4.69, 9.17) is 18.6 Å². The third-order valence-electron chi connectivity index (χ3n) is 8.21. The van der Waals surface area contributed by atoms with E-state index in [0.717, 1.165) is 36.4 Å². The van der Waals surface area contributed by atoms with Gasteiger partial charge in [-0.2, -0.15) is 4.31 Å². The summed E-state index contributed by atoms with van der Waals surface area (Å²) in [5.41, 5.74) is 0.651. The summed E-state index contributed by atoms with van der Waals surface area (Å²) in [6.45, 7) is 0.566. The second-order valence-electron chi connectivity index (χ2n) is 11.2. The minimum atomic E-state index is -3.95. The topological polar surface area (TPSA) is 136 Å². The van der Waals surface area contributed by atoms with Crippen LogP contribution in [0.4, 0.5) is 0 Å². The van der Waals surface area contributed by atoms with Gasteiger partial charge in [-0.15, -0.1) is 0 Å². The van der Waals surface area contributed by atoms with E-state index in [1.54, 1.807) is 47.4 Å². The maximum atomic E-state index is 13.7. The highest BCUT2D eigenvalue weighted by atomic mass is 32.2. The fourth-order valence-corrected chi connectivity index (χ4v) is 7.14. The highest BCUT2D eigenvalue weighted by molar-refractivity contribution is 7.89. The van der Waals surface area contributed by atoms with Gasteiger partial charge in [-0.25, -0.2) is 8.42 Å². The van der Waals surface area contributed by atoms with E-state index < -0.39 is 22.2 Å². The summed E-state index contributed by atoms with van der Waals surface area (Å²) in [4.78, 5) is 29.0.